The maximum absolute atomic E-state index is 14.7. The number of anilines is 1. The van der Waals surface area contributed by atoms with Crippen molar-refractivity contribution in [2.45, 2.75) is 19.8 Å². The minimum atomic E-state index is -3.82. The van der Waals surface area contributed by atoms with Crippen molar-refractivity contribution >= 4 is 32.5 Å². The van der Waals surface area contributed by atoms with Crippen LogP contribution >= 0.6 is 0 Å². The summed E-state index contributed by atoms with van der Waals surface area (Å²) in [7, 11) is -3.82. The van der Waals surface area contributed by atoms with Crippen molar-refractivity contribution in [3.05, 3.63) is 59.2 Å². The molecule has 0 bridgehead atoms. The number of nitrogens with zero attached hydrogens (tertiary/aromatic N) is 1. The van der Waals surface area contributed by atoms with Crippen molar-refractivity contribution in [2.24, 2.45) is 0 Å². The van der Waals surface area contributed by atoms with E-state index in [-0.39, 0.29) is 22.3 Å². The summed E-state index contributed by atoms with van der Waals surface area (Å²) in [6, 6.07) is 3.08. The molecule has 0 aliphatic rings. The first-order chi connectivity index (χ1) is 13.2. The lowest BCUT2D eigenvalue weighted by atomic mass is 10.0. The number of hydrogen-bond acceptors (Lipinski definition) is 4. The molecule has 2 aromatic heterocycles. The minimum absolute atomic E-state index is 0.146. The Morgan fingerprint density at radius 3 is 2.68 bits per heavy atom. The average Bonchev–Trinajstić information content (AvgIpc) is 2.98. The first kappa shape index (κ1) is 19.9. The molecule has 3 rings (SSSR count). The number of aromatic amines is 1. The molecule has 0 saturated carbocycles. The van der Waals surface area contributed by atoms with Gasteiger partial charge in [0.2, 0.25) is 10.0 Å². The van der Waals surface area contributed by atoms with Gasteiger partial charge in [0.1, 0.15) is 17.3 Å². The number of fused-ring (bicyclic) bond motifs is 1. The topological polar surface area (TPSA) is 91.9 Å². The number of aromatic nitrogens is 2. The van der Waals surface area contributed by atoms with Gasteiger partial charge in [0, 0.05) is 18.8 Å². The highest BCUT2D eigenvalue weighted by Gasteiger charge is 2.23. The third-order valence-corrected chi connectivity index (χ3v) is 5.49. The van der Waals surface area contributed by atoms with E-state index in [0.717, 1.165) is 18.3 Å². The van der Waals surface area contributed by atoms with Gasteiger partial charge in [-0.1, -0.05) is 6.92 Å². The molecule has 0 spiro atoms. The van der Waals surface area contributed by atoms with Gasteiger partial charge in [-0.15, -0.1) is 0 Å². The molecule has 3 aromatic rings. The van der Waals surface area contributed by atoms with Crippen LogP contribution in [0.5, 0.6) is 0 Å². The highest BCUT2D eigenvalue weighted by atomic mass is 32.2. The van der Waals surface area contributed by atoms with Crippen molar-refractivity contribution in [2.75, 3.05) is 10.5 Å². The second kappa shape index (κ2) is 7.63. The number of carbonyl (C=O) groups is 1. The number of H-pyrrole nitrogens is 1. The molecule has 0 aliphatic heterocycles. The van der Waals surface area contributed by atoms with Crippen LogP contribution < -0.4 is 4.72 Å². The first-order valence-electron chi connectivity index (χ1n) is 8.35. The lowest BCUT2D eigenvalue weighted by molar-refractivity contribution is 0.0985. The zero-order valence-corrected chi connectivity index (χ0v) is 15.5. The van der Waals surface area contributed by atoms with Gasteiger partial charge in [0.05, 0.1) is 22.4 Å². The number of nitrogens with one attached hydrogen (secondary N) is 2. The van der Waals surface area contributed by atoms with E-state index >= 15 is 0 Å². The molecule has 0 radical (unpaired) electrons. The van der Waals surface area contributed by atoms with Gasteiger partial charge in [-0.25, -0.2) is 26.6 Å². The van der Waals surface area contributed by atoms with Gasteiger partial charge in [0.25, 0.3) is 0 Å². The van der Waals surface area contributed by atoms with E-state index in [9.17, 15) is 26.4 Å². The van der Waals surface area contributed by atoms with Crippen LogP contribution in [0.4, 0.5) is 18.9 Å². The fourth-order valence-electron chi connectivity index (χ4n) is 2.76. The Labute approximate surface area is 158 Å². The molecule has 0 saturated heterocycles. The number of carbonyl (C=O) groups excluding carboxylic acids is 1. The SMILES string of the molecule is CCCS(=O)(=O)Nc1ccc(F)c(C(=O)Cc2cnc3[nH]cc(F)c3c2)c1F. The van der Waals surface area contributed by atoms with Crippen LogP contribution in [-0.2, 0) is 16.4 Å². The van der Waals surface area contributed by atoms with E-state index in [1.54, 1.807) is 6.92 Å². The normalized spacial score (nSPS) is 11.7. The monoisotopic (exact) mass is 411 g/mol. The fraction of sp³-hybridized carbons (Fsp3) is 0.222. The number of sulfonamides is 1. The summed E-state index contributed by atoms with van der Waals surface area (Å²) in [5, 5.41) is 0.146. The molecule has 148 valence electrons. The first-order valence-corrected chi connectivity index (χ1v) is 10.00. The summed E-state index contributed by atoms with van der Waals surface area (Å²) >= 11 is 0. The third-order valence-electron chi connectivity index (χ3n) is 4.01. The van der Waals surface area contributed by atoms with Crippen molar-refractivity contribution in [1.82, 2.24) is 9.97 Å². The van der Waals surface area contributed by atoms with E-state index in [1.807, 2.05) is 4.72 Å². The quantitative estimate of drug-likeness (QED) is 0.582. The Kier molecular flexibility index (Phi) is 5.41. The van der Waals surface area contributed by atoms with Gasteiger partial charge in [0.15, 0.2) is 11.6 Å². The molecule has 0 unspecified atom stereocenters. The summed E-state index contributed by atoms with van der Waals surface area (Å²) in [5.41, 5.74) is -0.847. The van der Waals surface area contributed by atoms with Crippen LogP contribution in [0.1, 0.15) is 29.3 Å². The number of benzene rings is 1. The standard InChI is InChI=1S/C18H16F3N3O3S/c1-2-5-28(26,27)24-14-4-3-12(19)16(17(14)21)15(25)7-10-6-11-13(20)9-23-18(11)22-8-10/h3-4,6,8-9,24H,2,5,7H2,1H3,(H,22,23). The highest BCUT2D eigenvalue weighted by Crippen LogP contribution is 2.24. The summed E-state index contributed by atoms with van der Waals surface area (Å²) in [6.45, 7) is 1.63. The van der Waals surface area contributed by atoms with E-state index in [1.165, 1.54) is 12.3 Å². The molecule has 2 heterocycles. The van der Waals surface area contributed by atoms with Crippen molar-refractivity contribution in [3.8, 4) is 0 Å². The summed E-state index contributed by atoms with van der Waals surface area (Å²) < 4.78 is 68.1. The Bertz CT molecular complexity index is 1160. The minimum Gasteiger partial charge on any atom is -0.343 e. The number of rotatable bonds is 7. The van der Waals surface area contributed by atoms with E-state index in [2.05, 4.69) is 9.97 Å². The van der Waals surface area contributed by atoms with Crippen LogP contribution in [0.25, 0.3) is 11.0 Å². The van der Waals surface area contributed by atoms with Crippen LogP contribution in [0.3, 0.4) is 0 Å². The lowest BCUT2D eigenvalue weighted by Crippen LogP contribution is -2.19. The molecule has 0 atom stereocenters. The van der Waals surface area contributed by atoms with Gasteiger partial charge in [-0.05, 0) is 30.2 Å². The third kappa shape index (κ3) is 4.01. The van der Waals surface area contributed by atoms with Gasteiger partial charge in [-0.2, -0.15) is 0 Å². The number of hydrogen-bond donors (Lipinski definition) is 2. The largest absolute Gasteiger partial charge is 0.343 e. The van der Waals surface area contributed by atoms with Crippen LogP contribution in [0, 0.1) is 17.5 Å². The highest BCUT2D eigenvalue weighted by molar-refractivity contribution is 7.92. The molecule has 0 fully saturated rings. The van der Waals surface area contributed by atoms with Crippen LogP contribution in [0.15, 0.2) is 30.6 Å². The summed E-state index contributed by atoms with van der Waals surface area (Å²) in [4.78, 5) is 19.0. The maximum Gasteiger partial charge on any atom is 0.232 e. The smallest absolute Gasteiger partial charge is 0.232 e. The van der Waals surface area contributed by atoms with Gasteiger partial charge < -0.3 is 4.98 Å². The number of ketones is 1. The molecular weight excluding hydrogens is 395 g/mol. The van der Waals surface area contributed by atoms with Gasteiger partial charge >= 0.3 is 0 Å². The van der Waals surface area contributed by atoms with E-state index in [4.69, 9.17) is 0 Å². The van der Waals surface area contributed by atoms with Crippen molar-refractivity contribution < 1.29 is 26.4 Å². The van der Waals surface area contributed by atoms with Crippen molar-refractivity contribution in [3.63, 3.8) is 0 Å². The molecule has 0 aliphatic carbocycles. The van der Waals surface area contributed by atoms with Crippen LogP contribution in [-0.4, -0.2) is 29.9 Å². The Morgan fingerprint density at radius 2 is 1.96 bits per heavy atom. The fourth-order valence-corrected chi connectivity index (χ4v) is 3.89. The number of pyridine rings is 1. The van der Waals surface area contributed by atoms with Crippen LogP contribution in [0.2, 0.25) is 0 Å². The Hall–Kier alpha value is -2.88. The Balaban J connectivity index is 1.92. The number of halogens is 3. The molecular formula is C18H16F3N3O3S. The summed E-state index contributed by atoms with van der Waals surface area (Å²) in [6.07, 6.45) is 2.26. The van der Waals surface area contributed by atoms with Gasteiger partial charge in [-0.3, -0.25) is 9.52 Å². The maximum atomic E-state index is 14.7. The number of Topliss-reactive ketones (excluding diaryl/α,β-unsaturated/α-hetero) is 1. The summed E-state index contributed by atoms with van der Waals surface area (Å²) in [5.74, 6) is -4.17. The van der Waals surface area contributed by atoms with E-state index < -0.39 is 50.9 Å². The average molecular weight is 411 g/mol. The van der Waals surface area contributed by atoms with Crippen molar-refractivity contribution in [1.29, 1.82) is 0 Å². The molecule has 6 nitrogen and oxygen atoms in total. The molecule has 0 amide bonds. The second-order valence-corrected chi connectivity index (χ2v) is 8.02. The zero-order chi connectivity index (χ0) is 20.5. The lowest BCUT2D eigenvalue weighted by Gasteiger charge is -2.11. The molecule has 2 N–H and O–H groups in total. The predicted molar refractivity (Wildman–Crippen MR) is 98.1 cm³/mol. The molecule has 28 heavy (non-hydrogen) atoms. The zero-order valence-electron chi connectivity index (χ0n) is 14.7. The second-order valence-electron chi connectivity index (χ2n) is 6.18. The molecule has 1 aromatic carbocycles. The van der Waals surface area contributed by atoms with E-state index in [0.29, 0.717) is 6.42 Å². The predicted octanol–water partition coefficient (Wildman–Crippen LogP) is 3.56. The molecule has 10 heteroatoms. The Morgan fingerprint density at radius 1 is 1.21 bits per heavy atom.